The largest absolute Gasteiger partial charge is 0.456 e. The minimum Gasteiger partial charge on any atom is -0.456 e. The molecule has 2 nitrogen and oxygen atoms in total. The fraction of sp³-hybridized carbons (Fsp3) is 0.0625. The van der Waals surface area contributed by atoms with Crippen molar-refractivity contribution in [3.05, 3.63) is 59.7 Å². The van der Waals surface area contributed by atoms with Gasteiger partial charge in [0.25, 0.3) is 0 Å². The van der Waals surface area contributed by atoms with Crippen LogP contribution in [0.5, 0.6) is 0 Å². The first-order valence-corrected chi connectivity index (χ1v) is 5.83. The van der Waals surface area contributed by atoms with Crippen LogP contribution in [0.15, 0.2) is 52.9 Å². The predicted octanol–water partition coefficient (Wildman–Crippen LogP) is 4.22. The number of para-hydroxylation sites is 1. The zero-order valence-corrected chi connectivity index (χ0v) is 10.0. The summed E-state index contributed by atoms with van der Waals surface area (Å²) in [5.41, 5.74) is 3.63. The number of benzene rings is 2. The Hall–Kier alpha value is -2.35. The van der Waals surface area contributed by atoms with E-state index in [0.717, 1.165) is 34.1 Å². The Morgan fingerprint density at radius 1 is 1.06 bits per heavy atom. The molecule has 0 amide bonds. The average molecular weight is 236 g/mol. The van der Waals surface area contributed by atoms with Crippen LogP contribution in [0.1, 0.15) is 15.9 Å². The molecular formula is C16H12O2. The van der Waals surface area contributed by atoms with Crippen LogP contribution in [0.4, 0.5) is 0 Å². The van der Waals surface area contributed by atoms with Crippen molar-refractivity contribution < 1.29 is 9.21 Å². The number of hydrogen-bond acceptors (Lipinski definition) is 2. The van der Waals surface area contributed by atoms with Crippen LogP contribution in [0.2, 0.25) is 0 Å². The first-order chi connectivity index (χ1) is 8.78. The third-order valence-corrected chi connectivity index (χ3v) is 3.08. The first kappa shape index (κ1) is 10.8. The van der Waals surface area contributed by atoms with Crippen molar-refractivity contribution in [3.8, 4) is 11.3 Å². The van der Waals surface area contributed by atoms with E-state index >= 15 is 0 Å². The topological polar surface area (TPSA) is 30.2 Å². The van der Waals surface area contributed by atoms with E-state index in [1.807, 2.05) is 55.5 Å². The number of aldehydes is 1. The highest BCUT2D eigenvalue weighted by Gasteiger charge is 2.08. The Bertz CT molecular complexity index is 690. The molecule has 3 rings (SSSR count). The number of carbonyl (C=O) groups is 1. The van der Waals surface area contributed by atoms with Crippen molar-refractivity contribution in [2.75, 3.05) is 0 Å². The van der Waals surface area contributed by atoms with Crippen molar-refractivity contribution in [1.82, 2.24) is 0 Å². The van der Waals surface area contributed by atoms with Gasteiger partial charge >= 0.3 is 0 Å². The van der Waals surface area contributed by atoms with E-state index in [9.17, 15) is 4.79 Å². The molecule has 0 atom stereocenters. The van der Waals surface area contributed by atoms with Gasteiger partial charge in [0.05, 0.1) is 0 Å². The third-order valence-electron chi connectivity index (χ3n) is 3.08. The van der Waals surface area contributed by atoms with Gasteiger partial charge in [-0.1, -0.05) is 30.3 Å². The predicted molar refractivity (Wildman–Crippen MR) is 71.8 cm³/mol. The van der Waals surface area contributed by atoms with Crippen molar-refractivity contribution in [3.63, 3.8) is 0 Å². The SMILES string of the molecule is Cc1cc(C=O)ccc1-c1cc2ccccc2o1. The fourth-order valence-electron chi connectivity index (χ4n) is 2.15. The molecule has 0 aliphatic rings. The van der Waals surface area contributed by atoms with Gasteiger partial charge in [-0.3, -0.25) is 4.79 Å². The standard InChI is InChI=1S/C16H12O2/c1-11-8-12(10-17)6-7-14(11)16-9-13-4-2-3-5-15(13)18-16/h2-10H,1H3. The molecule has 2 heteroatoms. The molecule has 1 heterocycles. The summed E-state index contributed by atoms with van der Waals surface area (Å²) in [5, 5.41) is 1.09. The average Bonchev–Trinajstić information content (AvgIpc) is 2.81. The van der Waals surface area contributed by atoms with Crippen molar-refractivity contribution in [2.24, 2.45) is 0 Å². The maximum Gasteiger partial charge on any atom is 0.150 e. The quantitative estimate of drug-likeness (QED) is 0.623. The lowest BCUT2D eigenvalue weighted by atomic mass is 10.0. The molecule has 18 heavy (non-hydrogen) atoms. The minimum absolute atomic E-state index is 0.687. The lowest BCUT2D eigenvalue weighted by molar-refractivity contribution is 0.112. The van der Waals surface area contributed by atoms with E-state index in [2.05, 4.69) is 0 Å². The van der Waals surface area contributed by atoms with Crippen LogP contribution in [0.3, 0.4) is 0 Å². The summed E-state index contributed by atoms with van der Waals surface area (Å²) in [6.07, 6.45) is 0.857. The number of furan rings is 1. The molecule has 0 radical (unpaired) electrons. The van der Waals surface area contributed by atoms with Gasteiger partial charge < -0.3 is 4.42 Å². The Balaban J connectivity index is 2.16. The molecule has 0 saturated heterocycles. The molecule has 0 spiro atoms. The second-order valence-electron chi connectivity index (χ2n) is 4.34. The molecule has 2 aromatic carbocycles. The molecule has 0 saturated carbocycles. The molecule has 88 valence electrons. The molecule has 0 fully saturated rings. The summed E-state index contributed by atoms with van der Waals surface area (Å²) in [6.45, 7) is 1.98. The van der Waals surface area contributed by atoms with Gasteiger partial charge in [-0.2, -0.15) is 0 Å². The van der Waals surface area contributed by atoms with Crippen molar-refractivity contribution in [2.45, 2.75) is 6.92 Å². The Labute approximate surface area is 105 Å². The Kier molecular flexibility index (Phi) is 2.49. The summed E-state index contributed by atoms with van der Waals surface area (Å²) in [6, 6.07) is 15.6. The van der Waals surface area contributed by atoms with E-state index < -0.39 is 0 Å². The molecule has 0 aliphatic heterocycles. The second-order valence-corrected chi connectivity index (χ2v) is 4.34. The van der Waals surface area contributed by atoms with Gasteiger partial charge in [0, 0.05) is 16.5 Å². The maximum absolute atomic E-state index is 10.7. The second kappa shape index (κ2) is 4.15. The summed E-state index contributed by atoms with van der Waals surface area (Å²) in [4.78, 5) is 10.7. The molecule has 0 aliphatic carbocycles. The van der Waals surface area contributed by atoms with E-state index in [4.69, 9.17) is 4.42 Å². The van der Waals surface area contributed by atoms with Crippen LogP contribution < -0.4 is 0 Å². The van der Waals surface area contributed by atoms with E-state index in [-0.39, 0.29) is 0 Å². The number of rotatable bonds is 2. The monoisotopic (exact) mass is 236 g/mol. The van der Waals surface area contributed by atoms with E-state index in [1.165, 1.54) is 0 Å². The van der Waals surface area contributed by atoms with Gasteiger partial charge in [-0.05, 0) is 30.7 Å². The molecule has 0 bridgehead atoms. The first-order valence-electron chi connectivity index (χ1n) is 5.83. The lowest BCUT2D eigenvalue weighted by Gasteiger charge is -2.02. The molecular weight excluding hydrogens is 224 g/mol. The Morgan fingerprint density at radius 2 is 1.89 bits per heavy atom. The van der Waals surface area contributed by atoms with Gasteiger partial charge in [0.2, 0.25) is 0 Å². The van der Waals surface area contributed by atoms with Gasteiger partial charge in [-0.25, -0.2) is 0 Å². The zero-order valence-electron chi connectivity index (χ0n) is 10.0. The van der Waals surface area contributed by atoms with Gasteiger partial charge in [0.1, 0.15) is 17.6 Å². The van der Waals surface area contributed by atoms with Crippen LogP contribution in [0, 0.1) is 6.92 Å². The highest BCUT2D eigenvalue weighted by atomic mass is 16.3. The number of aryl methyl sites for hydroxylation is 1. The van der Waals surface area contributed by atoms with E-state index in [1.54, 1.807) is 0 Å². The zero-order chi connectivity index (χ0) is 12.5. The van der Waals surface area contributed by atoms with Crippen LogP contribution in [0.25, 0.3) is 22.3 Å². The number of fused-ring (bicyclic) bond motifs is 1. The van der Waals surface area contributed by atoms with Gasteiger partial charge in [0.15, 0.2) is 0 Å². The van der Waals surface area contributed by atoms with Crippen molar-refractivity contribution >= 4 is 17.3 Å². The fourth-order valence-corrected chi connectivity index (χ4v) is 2.15. The smallest absolute Gasteiger partial charge is 0.150 e. The number of carbonyl (C=O) groups excluding carboxylic acids is 1. The van der Waals surface area contributed by atoms with Crippen LogP contribution in [-0.4, -0.2) is 6.29 Å². The maximum atomic E-state index is 10.7. The molecule has 3 aromatic rings. The normalized spacial score (nSPS) is 10.7. The highest BCUT2D eigenvalue weighted by Crippen LogP contribution is 2.30. The van der Waals surface area contributed by atoms with Crippen LogP contribution in [-0.2, 0) is 0 Å². The summed E-state index contributed by atoms with van der Waals surface area (Å²) >= 11 is 0. The number of hydrogen-bond donors (Lipinski definition) is 0. The summed E-state index contributed by atoms with van der Waals surface area (Å²) < 4.78 is 5.82. The summed E-state index contributed by atoms with van der Waals surface area (Å²) in [7, 11) is 0. The van der Waals surface area contributed by atoms with E-state index in [0.29, 0.717) is 5.56 Å². The lowest BCUT2D eigenvalue weighted by Crippen LogP contribution is -1.85. The van der Waals surface area contributed by atoms with Crippen molar-refractivity contribution in [1.29, 1.82) is 0 Å². The van der Waals surface area contributed by atoms with Gasteiger partial charge in [-0.15, -0.1) is 0 Å². The minimum atomic E-state index is 0.687. The van der Waals surface area contributed by atoms with Crippen LogP contribution >= 0.6 is 0 Å². The molecule has 0 unspecified atom stereocenters. The molecule has 0 N–H and O–H groups in total. The third kappa shape index (κ3) is 1.72. The molecule has 1 aromatic heterocycles. The Morgan fingerprint density at radius 3 is 2.61 bits per heavy atom. The highest BCUT2D eigenvalue weighted by molar-refractivity contribution is 5.84. The summed E-state index contributed by atoms with van der Waals surface area (Å²) in [5.74, 6) is 0.839.